The second-order valence-corrected chi connectivity index (χ2v) is 25.4. The smallest absolute Gasteiger partial charge is 0.253 e. The zero-order valence-corrected chi connectivity index (χ0v) is 45.9. The lowest BCUT2D eigenvalue weighted by atomic mass is 9.32. The summed E-state index contributed by atoms with van der Waals surface area (Å²) in [7, 11) is 0. The number of pyridine rings is 1. The Morgan fingerprint density at radius 2 is 0.653 bits per heavy atom. The standard InChI is InChI=1S/C71H68BN3/c1-68(2,3)51-39-52(69(4,5)6)42-55(41-51)74-61-33-31-45-23-19-21-29-57(45)65(61)72-66-58-30-22-20-24-46(58)32-34-62(66)75(56-43-53(70(7,8)9)40-54(44-56)71(10,11)12)64-38-50(37-63(74)67(64)72)49-35-59(47-25-15-13-16-26-47)73-60(36-49)48-27-17-14-18-28-48/h13-44H,1-12H3. The van der Waals surface area contributed by atoms with Gasteiger partial charge in [-0.3, -0.25) is 0 Å². The summed E-state index contributed by atoms with van der Waals surface area (Å²) in [5, 5.41) is 5.04. The van der Waals surface area contributed by atoms with Crippen molar-refractivity contribution in [3.8, 4) is 33.6 Å². The van der Waals surface area contributed by atoms with Gasteiger partial charge in [0, 0.05) is 45.3 Å². The molecule has 2 aliphatic heterocycles. The van der Waals surface area contributed by atoms with Crippen LogP contribution in [0.2, 0.25) is 0 Å². The van der Waals surface area contributed by atoms with Crippen LogP contribution in [0.25, 0.3) is 55.2 Å². The Bertz CT molecular complexity index is 3570. The molecule has 75 heavy (non-hydrogen) atoms. The lowest BCUT2D eigenvalue weighted by molar-refractivity contribution is 0.568. The van der Waals surface area contributed by atoms with E-state index in [4.69, 9.17) is 4.98 Å². The van der Waals surface area contributed by atoms with Crippen LogP contribution in [-0.4, -0.2) is 11.7 Å². The Kier molecular flexibility index (Phi) is 11.2. The maximum Gasteiger partial charge on any atom is 0.253 e. The maximum atomic E-state index is 5.40. The topological polar surface area (TPSA) is 19.4 Å². The number of hydrogen-bond donors (Lipinski definition) is 0. The Morgan fingerprint density at radius 3 is 1.03 bits per heavy atom. The van der Waals surface area contributed by atoms with Gasteiger partial charge in [0.1, 0.15) is 0 Å². The van der Waals surface area contributed by atoms with Crippen molar-refractivity contribution >= 4 is 78.8 Å². The second-order valence-electron chi connectivity index (χ2n) is 25.4. The van der Waals surface area contributed by atoms with E-state index in [1.807, 2.05) is 0 Å². The minimum Gasteiger partial charge on any atom is -0.311 e. The summed E-state index contributed by atoms with van der Waals surface area (Å²) in [6, 6.07) is 73.5. The predicted molar refractivity (Wildman–Crippen MR) is 324 cm³/mol. The van der Waals surface area contributed by atoms with Crippen LogP contribution in [-0.2, 0) is 21.7 Å². The van der Waals surface area contributed by atoms with E-state index in [1.165, 1.54) is 94.3 Å². The third-order valence-corrected chi connectivity index (χ3v) is 16.0. The van der Waals surface area contributed by atoms with Gasteiger partial charge in [0.2, 0.25) is 0 Å². The number of anilines is 6. The molecule has 3 heterocycles. The zero-order chi connectivity index (χ0) is 52.3. The van der Waals surface area contributed by atoms with Crippen molar-refractivity contribution < 1.29 is 0 Å². The average molecular weight is 974 g/mol. The molecule has 0 N–H and O–H groups in total. The van der Waals surface area contributed by atoms with E-state index in [9.17, 15) is 0 Å². The highest BCUT2D eigenvalue weighted by Crippen LogP contribution is 2.50. The highest BCUT2D eigenvalue weighted by molar-refractivity contribution is 7.03. The van der Waals surface area contributed by atoms with Gasteiger partial charge < -0.3 is 9.80 Å². The molecule has 0 radical (unpaired) electrons. The summed E-state index contributed by atoms with van der Waals surface area (Å²) in [6.07, 6.45) is 0. The molecule has 0 saturated heterocycles. The van der Waals surface area contributed by atoms with Crippen LogP contribution in [0.5, 0.6) is 0 Å². The van der Waals surface area contributed by atoms with E-state index in [-0.39, 0.29) is 28.4 Å². The minimum atomic E-state index is -0.100. The van der Waals surface area contributed by atoms with E-state index in [1.54, 1.807) is 0 Å². The molecule has 2 aliphatic rings. The first-order valence-corrected chi connectivity index (χ1v) is 27.0. The van der Waals surface area contributed by atoms with Crippen LogP contribution in [0.3, 0.4) is 0 Å². The van der Waals surface area contributed by atoms with E-state index in [0.29, 0.717) is 0 Å². The fourth-order valence-corrected chi connectivity index (χ4v) is 11.7. The van der Waals surface area contributed by atoms with Crippen LogP contribution >= 0.6 is 0 Å². The van der Waals surface area contributed by atoms with Gasteiger partial charge in [-0.2, -0.15) is 0 Å². The highest BCUT2D eigenvalue weighted by atomic mass is 15.2. The van der Waals surface area contributed by atoms with E-state index in [0.717, 1.165) is 33.6 Å². The van der Waals surface area contributed by atoms with Gasteiger partial charge in [0.15, 0.2) is 0 Å². The molecule has 370 valence electrons. The van der Waals surface area contributed by atoms with Crippen molar-refractivity contribution in [2.45, 2.75) is 105 Å². The Balaban J connectivity index is 1.28. The van der Waals surface area contributed by atoms with Crippen molar-refractivity contribution in [3.63, 3.8) is 0 Å². The molecule has 0 amide bonds. The number of aromatic nitrogens is 1. The van der Waals surface area contributed by atoms with Gasteiger partial charge in [0.05, 0.1) is 11.4 Å². The van der Waals surface area contributed by atoms with Gasteiger partial charge in [0.25, 0.3) is 6.71 Å². The number of nitrogens with zero attached hydrogens (tertiary/aromatic N) is 3. The predicted octanol–water partition coefficient (Wildman–Crippen LogP) is 17.7. The number of hydrogen-bond acceptors (Lipinski definition) is 3. The summed E-state index contributed by atoms with van der Waals surface area (Å²) in [4.78, 5) is 10.7. The fourth-order valence-electron chi connectivity index (χ4n) is 11.7. The van der Waals surface area contributed by atoms with Crippen LogP contribution in [0.15, 0.2) is 194 Å². The largest absolute Gasteiger partial charge is 0.311 e. The van der Waals surface area contributed by atoms with Gasteiger partial charge in [-0.05, 0) is 154 Å². The van der Waals surface area contributed by atoms with Crippen LogP contribution < -0.4 is 26.2 Å². The first-order chi connectivity index (χ1) is 35.7. The first-order valence-electron chi connectivity index (χ1n) is 27.0. The zero-order valence-electron chi connectivity index (χ0n) is 45.9. The van der Waals surface area contributed by atoms with Gasteiger partial charge in [-0.15, -0.1) is 0 Å². The molecule has 0 fully saturated rings. The molecule has 10 aromatic rings. The summed E-state index contributed by atoms with van der Waals surface area (Å²) in [5.41, 5.74) is 22.3. The average Bonchev–Trinajstić information content (AvgIpc) is 3.39. The molecule has 4 heteroatoms. The van der Waals surface area contributed by atoms with E-state index < -0.39 is 0 Å². The highest BCUT2D eigenvalue weighted by Gasteiger charge is 2.46. The Labute approximate surface area is 446 Å². The van der Waals surface area contributed by atoms with Crippen molar-refractivity contribution in [1.29, 1.82) is 0 Å². The van der Waals surface area contributed by atoms with Crippen molar-refractivity contribution in [2.24, 2.45) is 0 Å². The monoisotopic (exact) mass is 974 g/mol. The summed E-state index contributed by atoms with van der Waals surface area (Å²) in [5.74, 6) is 0. The molecule has 0 aliphatic carbocycles. The summed E-state index contributed by atoms with van der Waals surface area (Å²) < 4.78 is 0. The van der Waals surface area contributed by atoms with E-state index in [2.05, 4.69) is 287 Å². The molecule has 0 spiro atoms. The molecular formula is C71H68BN3. The van der Waals surface area contributed by atoms with E-state index >= 15 is 0 Å². The lowest BCUT2D eigenvalue weighted by Crippen LogP contribution is -2.61. The molecular weight excluding hydrogens is 906 g/mol. The fraction of sp³-hybridized carbons (Fsp3) is 0.225. The number of benzene rings is 9. The maximum absolute atomic E-state index is 5.40. The molecule has 0 saturated carbocycles. The first kappa shape index (κ1) is 48.3. The Morgan fingerprint density at radius 1 is 0.307 bits per heavy atom. The molecule has 0 atom stereocenters. The molecule has 12 rings (SSSR count). The third-order valence-electron chi connectivity index (χ3n) is 16.0. The summed E-state index contributed by atoms with van der Waals surface area (Å²) >= 11 is 0. The molecule has 0 unspecified atom stereocenters. The Hall–Kier alpha value is -7.69. The van der Waals surface area contributed by atoms with Crippen molar-refractivity contribution in [3.05, 3.63) is 216 Å². The van der Waals surface area contributed by atoms with Crippen LogP contribution in [0.4, 0.5) is 34.1 Å². The van der Waals surface area contributed by atoms with Crippen molar-refractivity contribution in [1.82, 2.24) is 4.98 Å². The van der Waals surface area contributed by atoms with Gasteiger partial charge in [-0.1, -0.05) is 217 Å². The normalized spacial score (nSPS) is 13.5. The number of rotatable bonds is 5. The molecule has 3 nitrogen and oxygen atoms in total. The SMILES string of the molecule is CC(C)(C)c1cc(N2c3cc(-c4cc(-c5ccccc5)nc(-c5ccccc5)c4)cc4c3B(c3c2ccc2ccccc32)c2c(ccc3ccccc23)N4c2cc(C(C)(C)C)cc(C(C)(C)C)c2)cc(C(C)(C)C)c1. The summed E-state index contributed by atoms with van der Waals surface area (Å²) in [6.45, 7) is 28.1. The molecule has 1 aromatic heterocycles. The molecule has 9 aromatic carbocycles. The number of fused-ring (bicyclic) bond motifs is 8. The van der Waals surface area contributed by atoms with Gasteiger partial charge >= 0.3 is 0 Å². The second kappa shape index (κ2) is 17.5. The van der Waals surface area contributed by atoms with Crippen LogP contribution in [0, 0.1) is 0 Å². The quantitative estimate of drug-likeness (QED) is 0.160. The minimum absolute atomic E-state index is 0.0992. The third kappa shape index (κ3) is 8.44. The lowest BCUT2D eigenvalue weighted by Gasteiger charge is -2.46. The molecule has 0 bridgehead atoms. The van der Waals surface area contributed by atoms with Gasteiger partial charge in [-0.25, -0.2) is 4.98 Å². The van der Waals surface area contributed by atoms with Crippen LogP contribution in [0.1, 0.15) is 105 Å². The van der Waals surface area contributed by atoms with Crippen molar-refractivity contribution in [2.75, 3.05) is 9.80 Å².